The highest BCUT2D eigenvalue weighted by atomic mass is 16.7. The maximum absolute atomic E-state index is 11.2. The zero-order valence-corrected chi connectivity index (χ0v) is 37.2. The second kappa shape index (κ2) is 35.1. The van der Waals surface area contributed by atoms with Crippen LogP contribution in [0.5, 0.6) is 0 Å². The van der Waals surface area contributed by atoms with Crippen LogP contribution < -0.4 is 0 Å². The lowest BCUT2D eigenvalue weighted by atomic mass is 9.96. The van der Waals surface area contributed by atoms with Crippen LogP contribution in [0.1, 0.15) is 219 Å². The minimum atomic E-state index is -1.70. The molecule has 0 bridgehead atoms. The average molecular weight is 833 g/mol. The van der Waals surface area contributed by atoms with Crippen molar-refractivity contribution in [2.45, 2.75) is 287 Å². The summed E-state index contributed by atoms with van der Waals surface area (Å²) >= 11 is 0. The molecule has 2 rings (SSSR count). The van der Waals surface area contributed by atoms with Crippen LogP contribution in [0.4, 0.5) is 0 Å². The molecule has 0 aliphatic carbocycles. The molecular formula is C47H92O11. The Morgan fingerprint density at radius 1 is 0.379 bits per heavy atom. The van der Waals surface area contributed by atoms with Crippen molar-refractivity contribution in [3.63, 3.8) is 0 Å². The molecule has 0 radical (unpaired) electrons. The zero-order valence-electron chi connectivity index (χ0n) is 37.2. The summed E-state index contributed by atoms with van der Waals surface area (Å²) in [5.74, 6) is 0. The first kappa shape index (κ1) is 53.7. The van der Waals surface area contributed by atoms with Crippen molar-refractivity contribution in [1.29, 1.82) is 0 Å². The molecule has 1 unspecified atom stereocenters. The fourth-order valence-electron chi connectivity index (χ4n) is 8.62. The highest BCUT2D eigenvalue weighted by Crippen LogP contribution is 2.31. The van der Waals surface area contributed by atoms with E-state index in [4.69, 9.17) is 18.9 Å². The Kier molecular flexibility index (Phi) is 32.5. The number of unbranched alkanes of at least 4 members (excludes halogenated alkanes) is 28. The number of ether oxygens (including phenoxy) is 4. The fourth-order valence-corrected chi connectivity index (χ4v) is 8.62. The van der Waals surface area contributed by atoms with Gasteiger partial charge in [0.25, 0.3) is 0 Å². The van der Waals surface area contributed by atoms with Gasteiger partial charge < -0.3 is 54.7 Å². The quantitative estimate of drug-likeness (QED) is 0.0297. The minimum absolute atomic E-state index is 0.182. The van der Waals surface area contributed by atoms with E-state index in [1.54, 1.807) is 0 Å². The molecule has 11 atom stereocenters. The first-order valence-corrected chi connectivity index (χ1v) is 24.5. The molecule has 58 heavy (non-hydrogen) atoms. The smallest absolute Gasteiger partial charge is 0.187 e. The van der Waals surface area contributed by atoms with Gasteiger partial charge in [-0.3, -0.25) is 0 Å². The van der Waals surface area contributed by atoms with Crippen LogP contribution in [0.15, 0.2) is 0 Å². The molecule has 0 saturated carbocycles. The highest BCUT2D eigenvalue weighted by Gasteiger charge is 2.51. The van der Waals surface area contributed by atoms with E-state index in [1.165, 1.54) is 167 Å². The Morgan fingerprint density at radius 2 is 0.707 bits per heavy atom. The van der Waals surface area contributed by atoms with Gasteiger partial charge in [0.05, 0.1) is 19.3 Å². The lowest BCUT2D eigenvalue weighted by molar-refractivity contribution is -0.363. The van der Waals surface area contributed by atoms with E-state index in [9.17, 15) is 35.7 Å². The maximum atomic E-state index is 11.2. The van der Waals surface area contributed by atoms with E-state index in [2.05, 4.69) is 13.8 Å². The Balaban J connectivity index is 1.78. The molecule has 11 heteroatoms. The number of rotatable bonds is 38. The van der Waals surface area contributed by atoms with Gasteiger partial charge in [-0.1, -0.05) is 206 Å². The van der Waals surface area contributed by atoms with Crippen LogP contribution in [-0.4, -0.2) is 116 Å². The minimum Gasteiger partial charge on any atom is -0.394 e. The Bertz CT molecular complexity index is 910. The fraction of sp³-hybridized carbons (Fsp3) is 1.00. The summed E-state index contributed by atoms with van der Waals surface area (Å²) in [7, 11) is 0. The Hall–Kier alpha value is -0.440. The molecule has 0 aromatic carbocycles. The predicted molar refractivity (Wildman–Crippen MR) is 230 cm³/mol. The van der Waals surface area contributed by atoms with E-state index >= 15 is 0 Å². The second-order valence-corrected chi connectivity index (χ2v) is 17.7. The van der Waals surface area contributed by atoms with E-state index in [0.29, 0.717) is 0 Å². The third-order valence-electron chi connectivity index (χ3n) is 12.5. The largest absolute Gasteiger partial charge is 0.394 e. The average Bonchev–Trinajstić information content (AvgIpc) is 3.23. The molecule has 11 nitrogen and oxygen atoms in total. The Morgan fingerprint density at radius 3 is 1.07 bits per heavy atom. The van der Waals surface area contributed by atoms with Crippen molar-refractivity contribution < 1.29 is 54.7 Å². The summed E-state index contributed by atoms with van der Waals surface area (Å²) in [6, 6.07) is 0. The maximum Gasteiger partial charge on any atom is 0.187 e. The summed E-state index contributed by atoms with van der Waals surface area (Å²) in [6.07, 6.45) is 25.8. The molecular weight excluding hydrogens is 741 g/mol. The van der Waals surface area contributed by atoms with Crippen LogP contribution in [-0.2, 0) is 18.9 Å². The SMILES string of the molecule is CCCCCCCCCCCCCCCCCCC(CCCCCCCCCCCCCCCC)O[C@@H]1O[C@@H](CO)[C@H](O[C@H]2O[C@@H](CO)[C@@H](O)[C@H](O)[C@@H]2O)[C@H](O)[C@@H]1O. The van der Waals surface area contributed by atoms with Gasteiger partial charge in [-0.05, 0) is 12.8 Å². The van der Waals surface area contributed by atoms with E-state index in [-0.39, 0.29) is 6.10 Å². The number of hydrogen-bond donors (Lipinski definition) is 7. The standard InChI is InChI=1S/C47H92O11/c1-3-5-7-9-11-13-15-17-19-20-22-24-26-28-30-32-34-37(33-31-29-27-25-23-21-18-16-14-12-10-8-6-4-2)55-46-44(54)42(52)45(39(36-49)57-46)58-47-43(53)41(51)40(50)38(35-48)56-47/h37-54H,3-36H2,1-2H3/t37?,38-,39-,40+,41-,42+,43-,44-,45-,46+,47+/m0/s1. The number of aliphatic hydroxyl groups excluding tert-OH is 7. The van der Waals surface area contributed by atoms with Crippen LogP contribution >= 0.6 is 0 Å². The van der Waals surface area contributed by atoms with Crippen molar-refractivity contribution in [2.24, 2.45) is 0 Å². The summed E-state index contributed by atoms with van der Waals surface area (Å²) < 4.78 is 23.6. The highest BCUT2D eigenvalue weighted by molar-refractivity contribution is 4.94. The Labute approximate surface area is 354 Å². The van der Waals surface area contributed by atoms with Gasteiger partial charge in [0, 0.05) is 0 Å². The van der Waals surface area contributed by atoms with Crippen LogP contribution in [0.2, 0.25) is 0 Å². The van der Waals surface area contributed by atoms with Crippen LogP contribution in [0.25, 0.3) is 0 Å². The number of hydrogen-bond acceptors (Lipinski definition) is 11. The van der Waals surface area contributed by atoms with Gasteiger partial charge >= 0.3 is 0 Å². The summed E-state index contributed by atoms with van der Waals surface area (Å²) in [6.45, 7) is 3.32. The first-order chi connectivity index (χ1) is 28.3. The zero-order chi connectivity index (χ0) is 42.2. The van der Waals surface area contributed by atoms with Crippen molar-refractivity contribution in [3.05, 3.63) is 0 Å². The topological polar surface area (TPSA) is 179 Å². The molecule has 0 spiro atoms. The van der Waals surface area contributed by atoms with Crippen molar-refractivity contribution in [2.75, 3.05) is 13.2 Å². The van der Waals surface area contributed by atoms with Gasteiger partial charge in [-0.25, -0.2) is 0 Å². The molecule has 346 valence electrons. The lowest BCUT2D eigenvalue weighted by Crippen LogP contribution is -2.64. The first-order valence-electron chi connectivity index (χ1n) is 24.5. The molecule has 2 fully saturated rings. The van der Waals surface area contributed by atoms with Crippen molar-refractivity contribution in [1.82, 2.24) is 0 Å². The van der Waals surface area contributed by atoms with E-state index in [0.717, 1.165) is 38.5 Å². The predicted octanol–water partition coefficient (Wildman–Crippen LogP) is 8.52. The normalized spacial score (nSPS) is 28.3. The second-order valence-electron chi connectivity index (χ2n) is 17.7. The summed E-state index contributed by atoms with van der Waals surface area (Å²) in [5.41, 5.74) is 0. The van der Waals surface area contributed by atoms with E-state index < -0.39 is 74.6 Å². The molecule has 2 aliphatic heterocycles. The molecule has 2 aliphatic rings. The third kappa shape index (κ3) is 22.6. The van der Waals surface area contributed by atoms with Gasteiger partial charge in [0.2, 0.25) is 0 Å². The monoisotopic (exact) mass is 833 g/mol. The van der Waals surface area contributed by atoms with Crippen molar-refractivity contribution >= 4 is 0 Å². The van der Waals surface area contributed by atoms with Crippen LogP contribution in [0, 0.1) is 0 Å². The number of aliphatic hydroxyl groups is 7. The van der Waals surface area contributed by atoms with Crippen LogP contribution in [0.3, 0.4) is 0 Å². The van der Waals surface area contributed by atoms with Gasteiger partial charge in [0.15, 0.2) is 12.6 Å². The summed E-state index contributed by atoms with van der Waals surface area (Å²) in [4.78, 5) is 0. The van der Waals surface area contributed by atoms with Gasteiger partial charge in [-0.15, -0.1) is 0 Å². The van der Waals surface area contributed by atoms with E-state index in [1.807, 2.05) is 0 Å². The third-order valence-corrected chi connectivity index (χ3v) is 12.5. The molecule has 7 N–H and O–H groups in total. The molecule has 0 aromatic heterocycles. The molecule has 0 aromatic rings. The molecule has 0 amide bonds. The van der Waals surface area contributed by atoms with Crippen molar-refractivity contribution in [3.8, 4) is 0 Å². The summed E-state index contributed by atoms with van der Waals surface area (Å²) in [5, 5.41) is 72.9. The molecule has 2 heterocycles. The van der Waals surface area contributed by atoms with Gasteiger partial charge in [0.1, 0.15) is 48.8 Å². The van der Waals surface area contributed by atoms with Gasteiger partial charge in [-0.2, -0.15) is 0 Å². The lowest BCUT2D eigenvalue weighted by Gasteiger charge is -2.46. The molecule has 2 saturated heterocycles.